The highest BCUT2D eigenvalue weighted by atomic mass is 16.3. The molecule has 2 atom stereocenters. The van der Waals surface area contributed by atoms with E-state index in [1.165, 1.54) is 12.8 Å². The Bertz CT molecular complexity index is 814. The van der Waals surface area contributed by atoms with E-state index >= 15 is 0 Å². The van der Waals surface area contributed by atoms with Crippen LogP contribution in [0, 0.1) is 17.8 Å². The van der Waals surface area contributed by atoms with Gasteiger partial charge in [0, 0.05) is 23.8 Å². The number of hydrogen-bond donors (Lipinski definition) is 4. The smallest absolute Gasteiger partial charge is 0.252 e. The fraction of sp³-hybridized carbons (Fsp3) is 0.556. The van der Waals surface area contributed by atoms with E-state index in [4.69, 9.17) is 5.73 Å². The van der Waals surface area contributed by atoms with Crippen molar-refractivity contribution in [1.82, 2.24) is 9.97 Å². The van der Waals surface area contributed by atoms with Gasteiger partial charge in [-0.3, -0.25) is 4.79 Å². The lowest BCUT2D eigenvalue weighted by molar-refractivity contribution is -0.129. The molecule has 2 heterocycles. The Morgan fingerprint density at radius 3 is 2.75 bits per heavy atom. The highest BCUT2D eigenvalue weighted by Crippen LogP contribution is 2.56. The Hall–Kier alpha value is -2.08. The van der Waals surface area contributed by atoms with Crippen LogP contribution < -0.4 is 11.1 Å². The molecule has 0 radical (unpaired) electrons. The number of aromatic nitrogens is 2. The third-order valence-electron chi connectivity index (χ3n) is 6.40. The summed E-state index contributed by atoms with van der Waals surface area (Å²) in [4.78, 5) is 19.3. The third-order valence-corrected chi connectivity index (χ3v) is 6.40. The summed E-state index contributed by atoms with van der Waals surface area (Å²) in [6, 6.07) is 2.22. The summed E-state index contributed by atoms with van der Waals surface area (Å²) in [6.45, 7) is 0. The highest BCUT2D eigenvalue weighted by Gasteiger charge is 2.54. The van der Waals surface area contributed by atoms with E-state index < -0.39 is 11.5 Å². The Balaban J connectivity index is 1.54. The van der Waals surface area contributed by atoms with Crippen molar-refractivity contribution in [3.8, 4) is 0 Å². The number of anilines is 1. The maximum Gasteiger partial charge on any atom is 0.252 e. The summed E-state index contributed by atoms with van der Waals surface area (Å²) < 4.78 is 0. The van der Waals surface area contributed by atoms with Gasteiger partial charge in [0.1, 0.15) is 5.65 Å². The largest absolute Gasteiger partial charge is 0.390 e. The summed E-state index contributed by atoms with van der Waals surface area (Å²) in [7, 11) is 0. The van der Waals surface area contributed by atoms with Crippen LogP contribution in [0.15, 0.2) is 18.5 Å². The van der Waals surface area contributed by atoms with Gasteiger partial charge in [-0.15, -0.1) is 0 Å². The molecule has 0 saturated heterocycles. The Morgan fingerprint density at radius 1 is 1.33 bits per heavy atom. The second kappa shape index (κ2) is 4.72. The SMILES string of the molecule is NC(=O)c1cnc2[nH]ccc2c1NC1[C@@H]2CC3C[C@@H]1CC(O)(C3)C2. The number of hydrogen-bond acceptors (Lipinski definition) is 4. The first kappa shape index (κ1) is 14.3. The Morgan fingerprint density at radius 2 is 2.08 bits per heavy atom. The number of aliphatic hydroxyl groups is 1. The normalized spacial score (nSPS) is 37.0. The number of amides is 1. The predicted molar refractivity (Wildman–Crippen MR) is 90.5 cm³/mol. The van der Waals surface area contributed by atoms with E-state index in [-0.39, 0.29) is 0 Å². The van der Waals surface area contributed by atoms with Crippen molar-refractivity contribution in [2.45, 2.75) is 43.7 Å². The number of nitrogens with one attached hydrogen (secondary N) is 2. The summed E-state index contributed by atoms with van der Waals surface area (Å²) >= 11 is 0. The number of carbonyl (C=O) groups excluding carboxylic acids is 1. The van der Waals surface area contributed by atoms with Gasteiger partial charge in [-0.1, -0.05) is 0 Å². The van der Waals surface area contributed by atoms with Gasteiger partial charge in [-0.25, -0.2) is 4.98 Å². The van der Waals surface area contributed by atoms with E-state index in [1.54, 1.807) is 6.20 Å². The minimum Gasteiger partial charge on any atom is -0.390 e. The maximum atomic E-state index is 11.9. The molecule has 4 aliphatic carbocycles. The summed E-state index contributed by atoms with van der Waals surface area (Å²) in [6.07, 6.45) is 8.42. The van der Waals surface area contributed by atoms with E-state index in [0.29, 0.717) is 29.4 Å². The first-order valence-electron chi connectivity index (χ1n) is 8.77. The van der Waals surface area contributed by atoms with Gasteiger partial charge in [0.25, 0.3) is 5.91 Å². The maximum absolute atomic E-state index is 11.9. The molecule has 4 bridgehead atoms. The van der Waals surface area contributed by atoms with Crippen molar-refractivity contribution in [3.05, 3.63) is 24.0 Å². The number of fused-ring (bicyclic) bond motifs is 1. The van der Waals surface area contributed by atoms with Gasteiger partial charge in [0.05, 0.1) is 16.9 Å². The summed E-state index contributed by atoms with van der Waals surface area (Å²) in [5.74, 6) is 1.12. The van der Waals surface area contributed by atoms with Crippen molar-refractivity contribution in [1.29, 1.82) is 0 Å². The number of nitrogens with zero attached hydrogens (tertiary/aromatic N) is 1. The number of pyridine rings is 1. The molecular formula is C18H22N4O2. The number of aromatic amines is 1. The monoisotopic (exact) mass is 326 g/mol. The van der Waals surface area contributed by atoms with Crippen LogP contribution in [0.5, 0.6) is 0 Å². The Kier molecular flexibility index (Phi) is 2.81. The molecular weight excluding hydrogens is 304 g/mol. The molecule has 0 spiro atoms. The molecule has 6 nitrogen and oxygen atoms in total. The van der Waals surface area contributed by atoms with Crippen molar-refractivity contribution >= 4 is 22.6 Å². The van der Waals surface area contributed by atoms with Crippen LogP contribution in [0.25, 0.3) is 11.0 Å². The van der Waals surface area contributed by atoms with E-state index in [2.05, 4.69) is 15.3 Å². The molecule has 24 heavy (non-hydrogen) atoms. The van der Waals surface area contributed by atoms with Gasteiger partial charge in [0.2, 0.25) is 0 Å². The molecule has 0 aromatic carbocycles. The van der Waals surface area contributed by atoms with Crippen LogP contribution in [0.2, 0.25) is 0 Å². The number of rotatable bonds is 3. The highest BCUT2D eigenvalue weighted by molar-refractivity contribution is 6.06. The standard InChI is InChI=1S/C18H22N4O2/c19-16(23)13-8-21-17-12(1-2-20-17)15(13)22-14-10-3-9-4-11(14)7-18(24,5-9)6-10/h1-2,8-11,14,24H,3-7H2,(H2,19,23)(H2,20,21,22)/t9?,10-,11-,14?,18?/m1/s1. The van der Waals surface area contributed by atoms with Crippen molar-refractivity contribution in [2.24, 2.45) is 23.5 Å². The predicted octanol–water partition coefficient (Wildman–Crippen LogP) is 2.01. The Labute approximate surface area is 139 Å². The van der Waals surface area contributed by atoms with Crippen LogP contribution in [-0.4, -0.2) is 32.6 Å². The molecule has 4 fully saturated rings. The molecule has 126 valence electrons. The van der Waals surface area contributed by atoms with Crippen LogP contribution >= 0.6 is 0 Å². The zero-order valence-corrected chi connectivity index (χ0v) is 13.5. The van der Waals surface area contributed by atoms with Gasteiger partial charge < -0.3 is 21.1 Å². The molecule has 4 aliphatic rings. The first-order chi connectivity index (χ1) is 11.5. The molecule has 1 amide bonds. The second-order valence-corrected chi connectivity index (χ2v) is 8.02. The van der Waals surface area contributed by atoms with Gasteiger partial charge in [0.15, 0.2) is 0 Å². The lowest BCUT2D eigenvalue weighted by atomic mass is 9.52. The number of H-pyrrole nitrogens is 1. The number of primary amides is 1. The summed E-state index contributed by atoms with van der Waals surface area (Å²) in [5.41, 5.74) is 7.10. The average molecular weight is 326 g/mol. The fourth-order valence-corrected chi connectivity index (χ4v) is 5.73. The van der Waals surface area contributed by atoms with Crippen molar-refractivity contribution in [2.75, 3.05) is 5.32 Å². The van der Waals surface area contributed by atoms with Gasteiger partial charge >= 0.3 is 0 Å². The topological polar surface area (TPSA) is 104 Å². The first-order valence-corrected chi connectivity index (χ1v) is 8.77. The molecule has 4 saturated carbocycles. The van der Waals surface area contributed by atoms with Crippen molar-refractivity contribution in [3.63, 3.8) is 0 Å². The third kappa shape index (κ3) is 1.99. The molecule has 0 unspecified atom stereocenters. The fourth-order valence-electron chi connectivity index (χ4n) is 5.73. The number of nitrogens with two attached hydrogens (primary N) is 1. The zero-order valence-electron chi connectivity index (χ0n) is 13.5. The van der Waals surface area contributed by atoms with E-state index in [0.717, 1.165) is 36.0 Å². The van der Waals surface area contributed by atoms with Crippen LogP contribution in [0.1, 0.15) is 42.5 Å². The van der Waals surface area contributed by atoms with Gasteiger partial charge in [-0.2, -0.15) is 0 Å². The second-order valence-electron chi connectivity index (χ2n) is 8.02. The molecule has 0 aliphatic heterocycles. The lowest BCUT2D eigenvalue weighted by Crippen LogP contribution is -2.59. The van der Waals surface area contributed by atoms with Gasteiger partial charge in [-0.05, 0) is 55.9 Å². The lowest BCUT2D eigenvalue weighted by Gasteiger charge is -2.58. The zero-order chi connectivity index (χ0) is 16.5. The van der Waals surface area contributed by atoms with Crippen LogP contribution in [0.4, 0.5) is 5.69 Å². The minimum absolute atomic E-state index is 0.292. The van der Waals surface area contributed by atoms with E-state index in [1.807, 2.05) is 12.3 Å². The summed E-state index contributed by atoms with van der Waals surface area (Å²) in [5, 5.41) is 15.3. The molecule has 2 aromatic rings. The van der Waals surface area contributed by atoms with Crippen molar-refractivity contribution < 1.29 is 9.90 Å². The molecule has 2 aromatic heterocycles. The van der Waals surface area contributed by atoms with Crippen LogP contribution in [-0.2, 0) is 0 Å². The molecule has 6 rings (SSSR count). The molecule has 6 heteroatoms. The number of carbonyl (C=O) groups is 1. The average Bonchev–Trinajstić information content (AvgIpc) is 2.97. The van der Waals surface area contributed by atoms with E-state index in [9.17, 15) is 9.90 Å². The van der Waals surface area contributed by atoms with Crippen LogP contribution in [0.3, 0.4) is 0 Å². The molecule has 5 N–H and O–H groups in total. The quantitative estimate of drug-likeness (QED) is 0.692. The minimum atomic E-state index is -0.462.